The van der Waals surface area contributed by atoms with Crippen molar-refractivity contribution in [1.29, 1.82) is 0 Å². The number of hydrogen-bond donors (Lipinski definition) is 1. The van der Waals surface area contributed by atoms with Crippen molar-refractivity contribution in [3.8, 4) is 0 Å². The highest BCUT2D eigenvalue weighted by Gasteiger charge is 2.13. The largest absolute Gasteiger partial charge is 0.262 e. The molecule has 1 aromatic rings. The number of nitrogens with zero attached hydrogens (tertiary/aromatic N) is 2. The Morgan fingerprint density at radius 1 is 1.64 bits per heavy atom. The summed E-state index contributed by atoms with van der Waals surface area (Å²) < 4.78 is 0. The van der Waals surface area contributed by atoms with Crippen LogP contribution in [0.4, 0.5) is 5.69 Å². The van der Waals surface area contributed by atoms with Gasteiger partial charge in [-0.05, 0) is 11.6 Å². The van der Waals surface area contributed by atoms with Gasteiger partial charge in [-0.3, -0.25) is 9.82 Å². The van der Waals surface area contributed by atoms with E-state index in [-0.39, 0.29) is 0 Å². The standard InChI is InChI=1S/C7H9N3O/c8-10-7-5-9-3-1-6(7)2-4-11-10/h1,3,5H,2,4,8H2. The van der Waals surface area contributed by atoms with Crippen LogP contribution in [-0.4, -0.2) is 11.6 Å². The maximum atomic E-state index is 5.52. The van der Waals surface area contributed by atoms with Crippen molar-refractivity contribution in [2.24, 2.45) is 5.84 Å². The lowest BCUT2D eigenvalue weighted by molar-refractivity contribution is 0.100. The van der Waals surface area contributed by atoms with Gasteiger partial charge in [-0.1, -0.05) is 0 Å². The molecule has 0 saturated heterocycles. The van der Waals surface area contributed by atoms with Gasteiger partial charge in [0, 0.05) is 12.6 Å². The summed E-state index contributed by atoms with van der Waals surface area (Å²) in [6.45, 7) is 0.646. The highest BCUT2D eigenvalue weighted by atomic mass is 16.7. The minimum absolute atomic E-state index is 0.646. The van der Waals surface area contributed by atoms with Crippen LogP contribution < -0.4 is 11.0 Å². The fourth-order valence-electron chi connectivity index (χ4n) is 1.15. The zero-order valence-electron chi connectivity index (χ0n) is 6.03. The van der Waals surface area contributed by atoms with E-state index in [9.17, 15) is 0 Å². The SMILES string of the molecule is NN1OCCc2ccncc21. The molecule has 0 aromatic carbocycles. The Morgan fingerprint density at radius 3 is 3.36 bits per heavy atom. The van der Waals surface area contributed by atoms with Crippen LogP contribution in [0.25, 0.3) is 0 Å². The van der Waals surface area contributed by atoms with Crippen molar-refractivity contribution in [3.05, 3.63) is 24.0 Å². The summed E-state index contributed by atoms with van der Waals surface area (Å²) in [5.74, 6) is 5.52. The van der Waals surface area contributed by atoms with Crippen LogP contribution in [0.15, 0.2) is 18.5 Å². The highest BCUT2D eigenvalue weighted by molar-refractivity contribution is 5.49. The number of rotatable bonds is 0. The van der Waals surface area contributed by atoms with Crippen molar-refractivity contribution in [2.45, 2.75) is 6.42 Å². The maximum absolute atomic E-state index is 5.52. The molecule has 1 aliphatic rings. The van der Waals surface area contributed by atoms with E-state index in [0.29, 0.717) is 6.61 Å². The molecule has 0 atom stereocenters. The van der Waals surface area contributed by atoms with Crippen LogP contribution in [0.1, 0.15) is 5.56 Å². The van der Waals surface area contributed by atoms with E-state index in [1.807, 2.05) is 6.07 Å². The summed E-state index contributed by atoms with van der Waals surface area (Å²) in [6, 6.07) is 1.96. The van der Waals surface area contributed by atoms with Crippen molar-refractivity contribution in [2.75, 3.05) is 11.8 Å². The van der Waals surface area contributed by atoms with Gasteiger partial charge in [-0.25, -0.2) is 5.84 Å². The fourth-order valence-corrected chi connectivity index (χ4v) is 1.15. The molecule has 58 valence electrons. The van der Waals surface area contributed by atoms with E-state index in [1.165, 1.54) is 10.7 Å². The molecule has 0 spiro atoms. The van der Waals surface area contributed by atoms with E-state index in [0.717, 1.165) is 12.1 Å². The molecular formula is C7H9N3O. The van der Waals surface area contributed by atoms with Gasteiger partial charge in [0.05, 0.1) is 12.8 Å². The predicted molar refractivity (Wildman–Crippen MR) is 40.6 cm³/mol. The summed E-state index contributed by atoms with van der Waals surface area (Å²) in [6.07, 6.45) is 4.37. The number of nitrogens with two attached hydrogens (primary N) is 1. The molecule has 4 nitrogen and oxygen atoms in total. The normalized spacial score (nSPS) is 16.3. The van der Waals surface area contributed by atoms with Gasteiger partial charge in [0.1, 0.15) is 5.69 Å². The summed E-state index contributed by atoms with van der Waals surface area (Å²) in [5.41, 5.74) is 2.05. The first-order valence-electron chi connectivity index (χ1n) is 3.48. The third-order valence-electron chi connectivity index (χ3n) is 1.73. The first-order valence-corrected chi connectivity index (χ1v) is 3.48. The summed E-state index contributed by atoms with van der Waals surface area (Å²) >= 11 is 0. The summed E-state index contributed by atoms with van der Waals surface area (Å²) in [5, 5.41) is 1.27. The van der Waals surface area contributed by atoms with Crippen LogP contribution in [0, 0.1) is 0 Å². The molecule has 0 amide bonds. The van der Waals surface area contributed by atoms with Crippen LogP contribution >= 0.6 is 0 Å². The van der Waals surface area contributed by atoms with E-state index < -0.39 is 0 Å². The number of anilines is 1. The van der Waals surface area contributed by atoms with Gasteiger partial charge >= 0.3 is 0 Å². The summed E-state index contributed by atoms with van der Waals surface area (Å²) in [7, 11) is 0. The lowest BCUT2D eigenvalue weighted by Crippen LogP contribution is -2.35. The molecule has 0 unspecified atom stereocenters. The Labute approximate surface area is 64.5 Å². The van der Waals surface area contributed by atoms with Crippen molar-refractivity contribution in [3.63, 3.8) is 0 Å². The number of hydrogen-bond acceptors (Lipinski definition) is 4. The third kappa shape index (κ3) is 1.06. The molecule has 1 aliphatic heterocycles. The minimum Gasteiger partial charge on any atom is -0.262 e. The molecule has 0 radical (unpaired) electrons. The number of hydrazine groups is 1. The Bertz CT molecular complexity index is 264. The third-order valence-corrected chi connectivity index (χ3v) is 1.73. The van der Waals surface area contributed by atoms with Crippen LogP contribution in [0.5, 0.6) is 0 Å². The first kappa shape index (κ1) is 6.57. The molecule has 2 N–H and O–H groups in total. The average Bonchev–Trinajstić information content (AvgIpc) is 2.06. The van der Waals surface area contributed by atoms with E-state index in [4.69, 9.17) is 10.7 Å². The van der Waals surface area contributed by atoms with Crippen molar-refractivity contribution in [1.82, 2.24) is 4.98 Å². The lowest BCUT2D eigenvalue weighted by Gasteiger charge is -2.24. The molecule has 0 fully saturated rings. The minimum atomic E-state index is 0.646. The molecule has 4 heteroatoms. The number of aromatic nitrogens is 1. The quantitative estimate of drug-likeness (QED) is 0.540. The Hall–Kier alpha value is -1.13. The monoisotopic (exact) mass is 151 g/mol. The zero-order chi connectivity index (χ0) is 7.68. The smallest absolute Gasteiger partial charge is 0.104 e. The van der Waals surface area contributed by atoms with E-state index in [2.05, 4.69) is 4.98 Å². The topological polar surface area (TPSA) is 51.4 Å². The zero-order valence-corrected chi connectivity index (χ0v) is 6.03. The fraction of sp³-hybridized carbons (Fsp3) is 0.286. The molecule has 0 aliphatic carbocycles. The van der Waals surface area contributed by atoms with Crippen molar-refractivity contribution >= 4 is 5.69 Å². The Morgan fingerprint density at radius 2 is 2.55 bits per heavy atom. The second-order valence-electron chi connectivity index (χ2n) is 2.41. The number of fused-ring (bicyclic) bond motifs is 1. The lowest BCUT2D eigenvalue weighted by atomic mass is 10.1. The van der Waals surface area contributed by atoms with Gasteiger partial charge in [-0.15, -0.1) is 0 Å². The molecule has 0 saturated carbocycles. The van der Waals surface area contributed by atoms with Gasteiger partial charge in [0.25, 0.3) is 0 Å². The predicted octanol–water partition coefficient (Wildman–Crippen LogP) is 0.249. The van der Waals surface area contributed by atoms with Gasteiger partial charge in [-0.2, -0.15) is 5.17 Å². The second kappa shape index (κ2) is 2.48. The van der Waals surface area contributed by atoms with Crippen LogP contribution in [0.2, 0.25) is 0 Å². The van der Waals surface area contributed by atoms with Crippen LogP contribution in [-0.2, 0) is 11.3 Å². The summed E-state index contributed by atoms with van der Waals surface area (Å²) in [4.78, 5) is 9.02. The van der Waals surface area contributed by atoms with E-state index in [1.54, 1.807) is 12.4 Å². The van der Waals surface area contributed by atoms with Gasteiger partial charge in [0.15, 0.2) is 0 Å². The molecule has 2 rings (SSSR count). The van der Waals surface area contributed by atoms with Crippen molar-refractivity contribution < 1.29 is 4.84 Å². The molecule has 2 heterocycles. The molecule has 1 aromatic heterocycles. The van der Waals surface area contributed by atoms with Gasteiger partial charge < -0.3 is 0 Å². The van der Waals surface area contributed by atoms with Gasteiger partial charge in [0.2, 0.25) is 0 Å². The Balaban J connectivity index is 2.44. The van der Waals surface area contributed by atoms with Crippen LogP contribution in [0.3, 0.4) is 0 Å². The first-order chi connectivity index (χ1) is 5.38. The van der Waals surface area contributed by atoms with E-state index >= 15 is 0 Å². The second-order valence-corrected chi connectivity index (χ2v) is 2.41. The molecule has 11 heavy (non-hydrogen) atoms. The highest BCUT2D eigenvalue weighted by Crippen LogP contribution is 2.20. The molecular weight excluding hydrogens is 142 g/mol. The average molecular weight is 151 g/mol. The molecule has 0 bridgehead atoms. The number of pyridine rings is 1. The Kier molecular flexibility index (Phi) is 1.48. The maximum Gasteiger partial charge on any atom is 0.104 e.